The second-order valence-electron chi connectivity index (χ2n) is 7.59. The van der Waals surface area contributed by atoms with Crippen molar-refractivity contribution in [3.8, 4) is 17.6 Å². The minimum atomic E-state index is -0.546. The minimum absolute atomic E-state index is 0.127. The highest BCUT2D eigenvalue weighted by Crippen LogP contribution is 2.33. The highest BCUT2D eigenvalue weighted by molar-refractivity contribution is 7.95. The van der Waals surface area contributed by atoms with Crippen LogP contribution < -0.4 is 25.6 Å². The third kappa shape index (κ3) is 13.6. The van der Waals surface area contributed by atoms with E-state index in [2.05, 4.69) is 28.8 Å². The summed E-state index contributed by atoms with van der Waals surface area (Å²) in [7, 11) is 0. The lowest BCUT2D eigenvalue weighted by Gasteiger charge is -2.18. The molecule has 2 rings (SSSR count). The number of hydrogen-bond donors (Lipinski definition) is 5. The third-order valence-corrected chi connectivity index (χ3v) is 4.98. The number of amidine groups is 1. The molecule has 0 saturated carbocycles. The number of nitrogens with two attached hydrogens (primary N) is 2. The van der Waals surface area contributed by atoms with E-state index in [4.69, 9.17) is 25.4 Å². The van der Waals surface area contributed by atoms with Crippen LogP contribution in [0.3, 0.4) is 0 Å². The van der Waals surface area contributed by atoms with Crippen molar-refractivity contribution in [1.29, 1.82) is 5.41 Å². The number of amides is 1. The summed E-state index contributed by atoms with van der Waals surface area (Å²) in [6.45, 7) is 12.7. The van der Waals surface area contributed by atoms with Crippen LogP contribution in [0.4, 0.5) is 0 Å². The molecule has 1 unspecified atom stereocenters. The van der Waals surface area contributed by atoms with Gasteiger partial charge in [-0.15, -0.1) is 11.8 Å². The highest BCUT2D eigenvalue weighted by atomic mass is 32.2. The first kappa shape index (κ1) is 33.8. The Morgan fingerprint density at radius 2 is 1.92 bits per heavy atom. The molecule has 1 atom stereocenters. The number of nitrogens with one attached hydrogen (secondary N) is 3. The number of furan rings is 1. The van der Waals surface area contributed by atoms with Crippen LogP contribution >= 0.6 is 12.1 Å². The maximum Gasteiger partial charge on any atom is 0.252 e. The quantitative estimate of drug-likeness (QED) is 0.0799. The number of aryl methyl sites for hydroxylation is 1. The molecule has 204 valence electrons. The van der Waals surface area contributed by atoms with Crippen LogP contribution in [0.5, 0.6) is 5.75 Å². The SMILES string of the molecule is C/C=C\CNC(C(=O)NSN)c1cc(OCC)c2oc(CCC)cc2c1.CC#CC.CC/C=C/C(=N)N. The van der Waals surface area contributed by atoms with Crippen LogP contribution in [0.1, 0.15) is 71.7 Å². The van der Waals surface area contributed by atoms with Gasteiger partial charge in [0, 0.05) is 30.5 Å². The van der Waals surface area contributed by atoms with Crippen molar-refractivity contribution in [2.75, 3.05) is 13.2 Å². The molecule has 1 aromatic heterocycles. The van der Waals surface area contributed by atoms with Gasteiger partial charge in [-0.3, -0.25) is 25.4 Å². The van der Waals surface area contributed by atoms with E-state index in [0.29, 0.717) is 18.9 Å². The predicted octanol–water partition coefficient (Wildman–Crippen LogP) is 5.55. The Morgan fingerprint density at radius 3 is 2.41 bits per heavy atom. The predicted molar refractivity (Wildman–Crippen MR) is 157 cm³/mol. The number of fused-ring (bicyclic) bond motifs is 1. The van der Waals surface area contributed by atoms with Gasteiger partial charge in [0.1, 0.15) is 17.6 Å². The van der Waals surface area contributed by atoms with Gasteiger partial charge in [-0.05, 0) is 70.4 Å². The van der Waals surface area contributed by atoms with Crippen molar-refractivity contribution < 1.29 is 13.9 Å². The molecule has 0 aliphatic heterocycles. The molecule has 37 heavy (non-hydrogen) atoms. The summed E-state index contributed by atoms with van der Waals surface area (Å²) >= 11 is 0.793. The molecule has 9 heteroatoms. The van der Waals surface area contributed by atoms with Gasteiger partial charge in [-0.2, -0.15) is 0 Å². The van der Waals surface area contributed by atoms with Crippen molar-refractivity contribution in [2.24, 2.45) is 10.9 Å². The average molecular weight is 530 g/mol. The molecule has 1 heterocycles. The smallest absolute Gasteiger partial charge is 0.252 e. The fourth-order valence-electron chi connectivity index (χ4n) is 3.02. The standard InChI is InChI=1S/C19H27N3O3S.C5H10N2.C4H6/c1-4-7-9-21-17(19(23)22-26-20)13-10-14-11-15(8-5-2)25-18(14)16(12-13)24-6-3;1-2-3-4-5(6)7;1-3-4-2/h4,7,10-12,17,21H,5-6,8-9,20H2,1-3H3,(H,22,23);3-4H,2H2,1H3,(H3,6,7);1-2H3/b7-4-;4-3+;. The Bertz CT molecular complexity index is 1060. The van der Waals surface area contributed by atoms with Gasteiger partial charge < -0.3 is 14.9 Å². The zero-order valence-electron chi connectivity index (χ0n) is 22.9. The molecule has 0 bridgehead atoms. The second-order valence-corrected chi connectivity index (χ2v) is 8.03. The lowest BCUT2D eigenvalue weighted by Crippen LogP contribution is -2.35. The monoisotopic (exact) mass is 529 g/mol. The number of benzene rings is 1. The van der Waals surface area contributed by atoms with E-state index in [1.165, 1.54) is 0 Å². The zero-order chi connectivity index (χ0) is 28.1. The Labute approximate surface area is 226 Å². The molecular formula is C28H43N5O3S. The Balaban J connectivity index is 0.000000988. The van der Waals surface area contributed by atoms with Crippen LogP contribution in [-0.4, -0.2) is 24.9 Å². The van der Waals surface area contributed by atoms with Gasteiger partial charge in [-0.25, -0.2) is 0 Å². The molecule has 0 aliphatic carbocycles. The number of carbonyl (C=O) groups is 1. The Morgan fingerprint density at radius 1 is 1.22 bits per heavy atom. The fraction of sp³-hybridized carbons (Fsp3) is 0.429. The average Bonchev–Trinajstić information content (AvgIpc) is 3.29. The maximum absolute atomic E-state index is 12.5. The fourth-order valence-corrected chi connectivity index (χ4v) is 3.26. The van der Waals surface area contributed by atoms with Gasteiger partial charge in [0.25, 0.3) is 5.91 Å². The summed E-state index contributed by atoms with van der Waals surface area (Å²) in [5.74, 6) is 6.84. The molecule has 0 radical (unpaired) electrons. The summed E-state index contributed by atoms with van der Waals surface area (Å²) in [5.41, 5.74) is 6.50. The third-order valence-electron chi connectivity index (χ3n) is 4.67. The molecular weight excluding hydrogens is 486 g/mol. The first-order valence-corrected chi connectivity index (χ1v) is 13.2. The van der Waals surface area contributed by atoms with Crippen LogP contribution in [0.15, 0.2) is 46.9 Å². The maximum atomic E-state index is 12.5. The summed E-state index contributed by atoms with van der Waals surface area (Å²) in [5, 5.41) is 16.3. The summed E-state index contributed by atoms with van der Waals surface area (Å²) in [6, 6.07) is 5.30. The lowest BCUT2D eigenvalue weighted by atomic mass is 10.0. The van der Waals surface area contributed by atoms with Crippen LogP contribution in [-0.2, 0) is 11.2 Å². The normalized spacial score (nSPS) is 11.1. The number of ether oxygens (including phenoxy) is 1. The van der Waals surface area contributed by atoms with E-state index in [1.807, 2.05) is 71.0 Å². The van der Waals surface area contributed by atoms with E-state index in [1.54, 1.807) is 6.08 Å². The van der Waals surface area contributed by atoms with E-state index < -0.39 is 6.04 Å². The van der Waals surface area contributed by atoms with Gasteiger partial charge in [0.15, 0.2) is 11.3 Å². The van der Waals surface area contributed by atoms with E-state index in [9.17, 15) is 4.79 Å². The largest absolute Gasteiger partial charge is 0.490 e. The van der Waals surface area contributed by atoms with Crippen molar-refractivity contribution in [3.05, 3.63) is 53.8 Å². The van der Waals surface area contributed by atoms with Crippen molar-refractivity contribution in [2.45, 2.75) is 66.8 Å². The summed E-state index contributed by atoms with van der Waals surface area (Å²) in [6.07, 6.45) is 10.1. The first-order chi connectivity index (χ1) is 17.8. The van der Waals surface area contributed by atoms with Gasteiger partial charge in [0.05, 0.1) is 6.61 Å². The van der Waals surface area contributed by atoms with E-state index in [0.717, 1.165) is 53.7 Å². The lowest BCUT2D eigenvalue weighted by molar-refractivity contribution is -0.121. The summed E-state index contributed by atoms with van der Waals surface area (Å²) in [4.78, 5) is 12.5. The molecule has 1 amide bonds. The van der Waals surface area contributed by atoms with Crippen LogP contribution in [0, 0.1) is 17.3 Å². The highest BCUT2D eigenvalue weighted by Gasteiger charge is 2.22. The molecule has 1 aromatic carbocycles. The van der Waals surface area contributed by atoms with Crippen LogP contribution in [0.25, 0.3) is 11.0 Å². The first-order valence-electron chi connectivity index (χ1n) is 12.4. The van der Waals surface area contributed by atoms with Crippen molar-refractivity contribution in [3.63, 3.8) is 0 Å². The van der Waals surface area contributed by atoms with E-state index >= 15 is 0 Å². The number of allylic oxidation sites excluding steroid dienone is 2. The van der Waals surface area contributed by atoms with Gasteiger partial charge in [-0.1, -0.05) is 32.1 Å². The molecule has 0 spiro atoms. The summed E-state index contributed by atoms with van der Waals surface area (Å²) < 4.78 is 14.3. The van der Waals surface area contributed by atoms with Crippen molar-refractivity contribution in [1.82, 2.24) is 10.0 Å². The topological polar surface area (TPSA) is 139 Å². The number of carbonyl (C=O) groups excluding carboxylic acids is 1. The van der Waals surface area contributed by atoms with Crippen molar-refractivity contribution >= 4 is 34.8 Å². The van der Waals surface area contributed by atoms with Crippen LogP contribution in [0.2, 0.25) is 0 Å². The molecule has 0 fully saturated rings. The van der Waals surface area contributed by atoms with Gasteiger partial charge in [0.2, 0.25) is 0 Å². The molecule has 0 aliphatic rings. The number of hydrogen-bond acceptors (Lipinski definition) is 7. The number of rotatable bonds is 12. The van der Waals surface area contributed by atoms with E-state index in [-0.39, 0.29) is 11.7 Å². The Hall–Kier alpha value is -3.19. The minimum Gasteiger partial charge on any atom is -0.490 e. The molecule has 8 nitrogen and oxygen atoms in total. The van der Waals surface area contributed by atoms with Gasteiger partial charge >= 0.3 is 0 Å². The molecule has 0 saturated heterocycles. The molecule has 7 N–H and O–H groups in total. The molecule has 2 aromatic rings. The second kappa shape index (κ2) is 20.9. The zero-order valence-corrected chi connectivity index (χ0v) is 23.8. The Kier molecular flexibility index (Phi) is 19.1.